The zero-order valence-corrected chi connectivity index (χ0v) is 14.0. The van der Waals surface area contributed by atoms with E-state index in [4.69, 9.17) is 9.47 Å². The largest absolute Gasteiger partial charge is 0.494 e. The molecule has 0 atom stereocenters. The van der Waals surface area contributed by atoms with Gasteiger partial charge in [-0.15, -0.1) is 0 Å². The van der Waals surface area contributed by atoms with Gasteiger partial charge in [-0.1, -0.05) is 12.1 Å². The SMILES string of the molecule is O=C(COc1ccccc1[N+](=O)[O-])NCCCCOc1ccc(F)cc1. The fraction of sp³-hybridized carbons (Fsp3) is 0.278. The Hall–Kier alpha value is -3.16. The van der Waals surface area contributed by atoms with E-state index in [0.29, 0.717) is 31.7 Å². The van der Waals surface area contributed by atoms with E-state index >= 15 is 0 Å². The summed E-state index contributed by atoms with van der Waals surface area (Å²) in [5.74, 6) is -0.0284. The van der Waals surface area contributed by atoms with Gasteiger partial charge >= 0.3 is 5.69 Å². The first kappa shape index (κ1) is 19.2. The molecule has 0 aromatic heterocycles. The zero-order valence-electron chi connectivity index (χ0n) is 14.0. The van der Waals surface area contributed by atoms with E-state index in [1.807, 2.05) is 0 Å². The third-order valence-electron chi connectivity index (χ3n) is 3.40. The molecule has 0 spiro atoms. The topological polar surface area (TPSA) is 90.7 Å². The number of nitrogens with zero attached hydrogens (tertiary/aromatic N) is 1. The van der Waals surface area contributed by atoms with Crippen molar-refractivity contribution in [1.29, 1.82) is 0 Å². The molecule has 0 aliphatic rings. The number of nitrogens with one attached hydrogen (secondary N) is 1. The zero-order chi connectivity index (χ0) is 18.8. The molecule has 7 nitrogen and oxygen atoms in total. The molecule has 0 radical (unpaired) electrons. The summed E-state index contributed by atoms with van der Waals surface area (Å²) < 4.78 is 23.4. The summed E-state index contributed by atoms with van der Waals surface area (Å²) in [6.45, 7) is 0.594. The number of amides is 1. The van der Waals surface area contributed by atoms with Crippen LogP contribution in [0.2, 0.25) is 0 Å². The molecule has 1 N–H and O–H groups in total. The minimum Gasteiger partial charge on any atom is -0.494 e. The molecule has 1 amide bonds. The summed E-state index contributed by atoms with van der Waals surface area (Å²) in [4.78, 5) is 22.0. The van der Waals surface area contributed by atoms with E-state index < -0.39 is 4.92 Å². The second-order valence-electron chi connectivity index (χ2n) is 5.37. The number of ether oxygens (including phenoxy) is 2. The van der Waals surface area contributed by atoms with Crippen molar-refractivity contribution in [2.75, 3.05) is 19.8 Å². The molecule has 0 aliphatic heterocycles. The van der Waals surface area contributed by atoms with Crippen molar-refractivity contribution in [3.05, 3.63) is 64.5 Å². The lowest BCUT2D eigenvalue weighted by molar-refractivity contribution is -0.385. The van der Waals surface area contributed by atoms with Crippen LogP contribution in [0, 0.1) is 15.9 Å². The number of para-hydroxylation sites is 2. The van der Waals surface area contributed by atoms with E-state index in [1.54, 1.807) is 18.2 Å². The second-order valence-corrected chi connectivity index (χ2v) is 5.37. The molecule has 0 heterocycles. The number of rotatable bonds is 10. The average molecular weight is 362 g/mol. The van der Waals surface area contributed by atoms with Crippen LogP contribution in [0.15, 0.2) is 48.5 Å². The van der Waals surface area contributed by atoms with Crippen molar-refractivity contribution in [3.63, 3.8) is 0 Å². The maximum Gasteiger partial charge on any atom is 0.310 e. The number of hydrogen-bond donors (Lipinski definition) is 1. The minimum absolute atomic E-state index is 0.0559. The van der Waals surface area contributed by atoms with Gasteiger partial charge in [-0.25, -0.2) is 4.39 Å². The molecule has 138 valence electrons. The number of halogens is 1. The Labute approximate surface area is 149 Å². The number of benzene rings is 2. The van der Waals surface area contributed by atoms with Crippen molar-refractivity contribution < 1.29 is 23.6 Å². The van der Waals surface area contributed by atoms with E-state index in [1.165, 1.54) is 30.3 Å². The molecule has 0 saturated carbocycles. The molecule has 0 saturated heterocycles. The molecule has 2 aromatic rings. The van der Waals surface area contributed by atoms with Crippen LogP contribution in [0.3, 0.4) is 0 Å². The van der Waals surface area contributed by atoms with Crippen molar-refractivity contribution in [1.82, 2.24) is 5.32 Å². The van der Waals surface area contributed by atoms with Gasteiger partial charge < -0.3 is 14.8 Å². The number of nitro benzene ring substituents is 1. The lowest BCUT2D eigenvalue weighted by Gasteiger charge is -2.08. The summed E-state index contributed by atoms with van der Waals surface area (Å²) in [5, 5.41) is 13.5. The third kappa shape index (κ3) is 6.39. The second kappa shape index (κ2) is 9.97. The highest BCUT2D eigenvalue weighted by molar-refractivity contribution is 5.77. The first-order valence-corrected chi connectivity index (χ1v) is 8.07. The maximum absolute atomic E-state index is 12.7. The molecule has 2 rings (SSSR count). The lowest BCUT2D eigenvalue weighted by Crippen LogP contribution is -2.30. The van der Waals surface area contributed by atoms with Crippen molar-refractivity contribution in [3.8, 4) is 11.5 Å². The van der Waals surface area contributed by atoms with Crippen LogP contribution in [0.4, 0.5) is 10.1 Å². The quantitative estimate of drug-likeness (QED) is 0.398. The van der Waals surface area contributed by atoms with Crippen LogP contribution >= 0.6 is 0 Å². The van der Waals surface area contributed by atoms with E-state index in [0.717, 1.165) is 0 Å². The van der Waals surface area contributed by atoms with Gasteiger partial charge in [-0.3, -0.25) is 14.9 Å². The lowest BCUT2D eigenvalue weighted by atomic mass is 10.3. The normalized spacial score (nSPS) is 10.2. The predicted molar refractivity (Wildman–Crippen MR) is 92.7 cm³/mol. The number of carbonyl (C=O) groups excluding carboxylic acids is 1. The van der Waals surface area contributed by atoms with Gasteiger partial charge in [-0.05, 0) is 43.2 Å². The fourth-order valence-electron chi connectivity index (χ4n) is 2.10. The summed E-state index contributed by atoms with van der Waals surface area (Å²) in [6, 6.07) is 11.6. The molecule has 26 heavy (non-hydrogen) atoms. The van der Waals surface area contributed by atoms with Crippen LogP contribution in [0.25, 0.3) is 0 Å². The van der Waals surface area contributed by atoms with Crippen molar-refractivity contribution in [2.45, 2.75) is 12.8 Å². The van der Waals surface area contributed by atoms with Crippen LogP contribution in [-0.2, 0) is 4.79 Å². The molecular weight excluding hydrogens is 343 g/mol. The first-order valence-electron chi connectivity index (χ1n) is 8.07. The van der Waals surface area contributed by atoms with Crippen LogP contribution in [0.1, 0.15) is 12.8 Å². The molecule has 0 aliphatic carbocycles. The van der Waals surface area contributed by atoms with Gasteiger partial charge in [0.15, 0.2) is 12.4 Å². The Morgan fingerprint density at radius 1 is 1.08 bits per heavy atom. The highest BCUT2D eigenvalue weighted by Gasteiger charge is 2.14. The summed E-state index contributed by atoms with van der Waals surface area (Å²) in [5.41, 5.74) is -0.182. The molecule has 2 aromatic carbocycles. The summed E-state index contributed by atoms with van der Waals surface area (Å²) in [7, 11) is 0. The maximum atomic E-state index is 12.7. The Morgan fingerprint density at radius 3 is 2.54 bits per heavy atom. The number of carbonyl (C=O) groups is 1. The molecule has 8 heteroatoms. The van der Waals surface area contributed by atoms with Gasteiger partial charge in [0.2, 0.25) is 0 Å². The number of nitro groups is 1. The molecule has 0 unspecified atom stereocenters. The minimum atomic E-state index is -0.561. The van der Waals surface area contributed by atoms with Gasteiger partial charge in [0, 0.05) is 12.6 Å². The fourth-order valence-corrected chi connectivity index (χ4v) is 2.10. The predicted octanol–water partition coefficient (Wildman–Crippen LogP) is 3.09. The Balaban J connectivity index is 1.59. The van der Waals surface area contributed by atoms with Gasteiger partial charge in [-0.2, -0.15) is 0 Å². The van der Waals surface area contributed by atoms with Crippen molar-refractivity contribution in [2.24, 2.45) is 0 Å². The summed E-state index contributed by atoms with van der Waals surface area (Å²) in [6.07, 6.45) is 1.40. The van der Waals surface area contributed by atoms with Crippen LogP contribution < -0.4 is 14.8 Å². The average Bonchev–Trinajstić information content (AvgIpc) is 2.64. The molecular formula is C18H19FN2O5. The first-order chi connectivity index (χ1) is 12.6. The van der Waals surface area contributed by atoms with E-state index in [-0.39, 0.29) is 29.8 Å². The highest BCUT2D eigenvalue weighted by Crippen LogP contribution is 2.25. The molecule has 0 fully saturated rings. The van der Waals surface area contributed by atoms with E-state index in [2.05, 4.69) is 5.32 Å². The van der Waals surface area contributed by atoms with Gasteiger partial charge in [0.25, 0.3) is 5.91 Å². The van der Waals surface area contributed by atoms with Gasteiger partial charge in [0.05, 0.1) is 11.5 Å². The van der Waals surface area contributed by atoms with Gasteiger partial charge in [0.1, 0.15) is 11.6 Å². The molecule has 0 bridgehead atoms. The Bertz CT molecular complexity index is 737. The number of hydrogen-bond acceptors (Lipinski definition) is 5. The van der Waals surface area contributed by atoms with Crippen LogP contribution in [0.5, 0.6) is 11.5 Å². The smallest absolute Gasteiger partial charge is 0.310 e. The Kier molecular flexibility index (Phi) is 7.35. The standard InChI is InChI=1S/C18H19FN2O5/c19-14-7-9-15(10-8-14)25-12-4-3-11-20-18(22)13-26-17-6-2-1-5-16(17)21(23)24/h1-2,5-10H,3-4,11-13H2,(H,20,22). The summed E-state index contributed by atoms with van der Waals surface area (Å²) >= 11 is 0. The van der Waals surface area contributed by atoms with Crippen molar-refractivity contribution >= 4 is 11.6 Å². The Morgan fingerprint density at radius 2 is 1.81 bits per heavy atom. The number of unbranched alkanes of at least 4 members (excludes halogenated alkanes) is 1. The van der Waals surface area contributed by atoms with Crippen LogP contribution in [-0.4, -0.2) is 30.6 Å². The third-order valence-corrected chi connectivity index (χ3v) is 3.40. The highest BCUT2D eigenvalue weighted by atomic mass is 19.1. The van der Waals surface area contributed by atoms with E-state index in [9.17, 15) is 19.3 Å². The monoisotopic (exact) mass is 362 g/mol.